The number of H-pyrrole nitrogens is 1. The normalized spacial score (nSPS) is 13.8. The van der Waals surface area contributed by atoms with Crippen molar-refractivity contribution in [3.8, 4) is 5.75 Å². The lowest BCUT2D eigenvalue weighted by atomic mass is 10.1. The van der Waals surface area contributed by atoms with E-state index in [1.54, 1.807) is 18.2 Å². The summed E-state index contributed by atoms with van der Waals surface area (Å²) in [4.78, 5) is 17.8. The lowest BCUT2D eigenvalue weighted by Crippen LogP contribution is -2.36. The molecule has 26 heavy (non-hydrogen) atoms. The minimum absolute atomic E-state index is 0.0346. The lowest BCUT2D eigenvalue weighted by Gasteiger charge is -2.23. The van der Waals surface area contributed by atoms with Crippen LogP contribution in [0.1, 0.15) is 18.4 Å². The van der Waals surface area contributed by atoms with Crippen LogP contribution < -0.4 is 4.74 Å². The van der Waals surface area contributed by atoms with Crippen LogP contribution in [0, 0.1) is 0 Å². The molecule has 1 N–H and O–H groups in total. The van der Waals surface area contributed by atoms with Crippen molar-refractivity contribution in [2.24, 2.45) is 0 Å². The van der Waals surface area contributed by atoms with Gasteiger partial charge in [-0.1, -0.05) is 29.3 Å². The third-order valence-corrected chi connectivity index (χ3v) is 5.05. The van der Waals surface area contributed by atoms with E-state index < -0.39 is 0 Å². The fourth-order valence-electron chi connectivity index (χ4n) is 3.02. The minimum atomic E-state index is -0.0374. The molecule has 0 radical (unpaired) electrons. The third-order valence-electron chi connectivity index (χ3n) is 4.52. The predicted octanol–water partition coefficient (Wildman–Crippen LogP) is 5.04. The van der Waals surface area contributed by atoms with Gasteiger partial charge in [0.2, 0.25) is 0 Å². The smallest absolute Gasteiger partial charge is 0.261 e. The Labute approximate surface area is 161 Å². The van der Waals surface area contributed by atoms with Crippen molar-refractivity contribution in [2.75, 3.05) is 6.61 Å². The number of aromatic nitrogens is 1. The van der Waals surface area contributed by atoms with E-state index in [0.29, 0.717) is 28.4 Å². The van der Waals surface area contributed by atoms with Crippen LogP contribution in [0.3, 0.4) is 0 Å². The Balaban J connectivity index is 1.44. The highest BCUT2D eigenvalue weighted by atomic mass is 35.5. The van der Waals surface area contributed by atoms with Gasteiger partial charge in [0, 0.05) is 29.3 Å². The molecule has 0 saturated heterocycles. The summed E-state index contributed by atoms with van der Waals surface area (Å²) < 4.78 is 5.62. The van der Waals surface area contributed by atoms with Crippen molar-refractivity contribution in [2.45, 2.75) is 25.4 Å². The summed E-state index contributed by atoms with van der Waals surface area (Å²) >= 11 is 12.0. The largest absolute Gasteiger partial charge is 0.482 e. The van der Waals surface area contributed by atoms with E-state index in [4.69, 9.17) is 27.9 Å². The van der Waals surface area contributed by atoms with E-state index in [2.05, 4.69) is 17.1 Å². The van der Waals surface area contributed by atoms with Gasteiger partial charge in [-0.25, -0.2) is 0 Å². The van der Waals surface area contributed by atoms with Crippen LogP contribution >= 0.6 is 23.2 Å². The van der Waals surface area contributed by atoms with Gasteiger partial charge in [0.15, 0.2) is 6.61 Å². The fourth-order valence-corrected chi connectivity index (χ4v) is 3.48. The highest BCUT2D eigenvalue weighted by molar-refractivity contribution is 6.35. The number of benzene rings is 2. The van der Waals surface area contributed by atoms with Gasteiger partial charge in [-0.15, -0.1) is 0 Å². The molecule has 0 bridgehead atoms. The second-order valence-corrected chi connectivity index (χ2v) is 7.36. The molecule has 1 heterocycles. The molecule has 0 spiro atoms. The first kappa shape index (κ1) is 17.3. The summed E-state index contributed by atoms with van der Waals surface area (Å²) in [5.74, 6) is 0.432. The van der Waals surface area contributed by atoms with Gasteiger partial charge in [0.25, 0.3) is 5.91 Å². The molecule has 0 unspecified atom stereocenters. The van der Waals surface area contributed by atoms with E-state index in [1.165, 1.54) is 0 Å². The summed E-state index contributed by atoms with van der Waals surface area (Å²) in [5.41, 5.74) is 2.21. The summed E-state index contributed by atoms with van der Waals surface area (Å²) in [7, 11) is 0. The molecular weight excluding hydrogens is 371 g/mol. The molecule has 0 atom stereocenters. The SMILES string of the molecule is O=C(COc1ccc(Cl)cc1Cl)N(Cc1ccc2[nH]ccc2c1)C1CC1. The Hall–Kier alpha value is -2.17. The summed E-state index contributed by atoms with van der Waals surface area (Å²) in [6, 6.07) is 13.5. The fraction of sp³-hybridized carbons (Fsp3) is 0.250. The summed E-state index contributed by atoms with van der Waals surface area (Å²) in [6.07, 6.45) is 4.00. The average molecular weight is 389 g/mol. The Morgan fingerprint density at radius 2 is 2.00 bits per heavy atom. The first-order chi connectivity index (χ1) is 12.6. The van der Waals surface area contributed by atoms with E-state index >= 15 is 0 Å². The molecule has 1 saturated carbocycles. The van der Waals surface area contributed by atoms with E-state index in [1.807, 2.05) is 23.2 Å². The number of carbonyl (C=O) groups is 1. The summed E-state index contributed by atoms with van der Waals surface area (Å²) in [6.45, 7) is 0.548. The maximum atomic E-state index is 12.7. The first-order valence-electron chi connectivity index (χ1n) is 8.53. The third kappa shape index (κ3) is 3.81. The monoisotopic (exact) mass is 388 g/mol. The number of rotatable bonds is 6. The number of hydrogen-bond acceptors (Lipinski definition) is 2. The van der Waals surface area contributed by atoms with E-state index in [0.717, 1.165) is 29.3 Å². The zero-order valence-corrected chi connectivity index (χ0v) is 15.6. The van der Waals surface area contributed by atoms with Gasteiger partial charge < -0.3 is 14.6 Å². The zero-order valence-electron chi connectivity index (χ0n) is 14.0. The standard InChI is InChI=1S/C20H18Cl2N2O2/c21-15-2-6-19(17(22)10-15)26-12-20(25)24(16-3-4-16)11-13-1-5-18-14(9-13)7-8-23-18/h1-2,5-10,16,23H,3-4,11-12H2. The number of amides is 1. The number of hydrogen-bond donors (Lipinski definition) is 1. The number of carbonyl (C=O) groups excluding carboxylic acids is 1. The molecule has 1 aliphatic rings. The number of nitrogens with zero attached hydrogens (tertiary/aromatic N) is 1. The summed E-state index contributed by atoms with van der Waals surface area (Å²) in [5, 5.41) is 2.09. The Morgan fingerprint density at radius 1 is 1.15 bits per heavy atom. The van der Waals surface area contributed by atoms with E-state index in [9.17, 15) is 4.79 Å². The van der Waals surface area contributed by atoms with Crippen molar-refractivity contribution < 1.29 is 9.53 Å². The van der Waals surface area contributed by atoms with Gasteiger partial charge in [0.05, 0.1) is 5.02 Å². The minimum Gasteiger partial charge on any atom is -0.482 e. The highest BCUT2D eigenvalue weighted by Crippen LogP contribution is 2.30. The number of ether oxygens (including phenoxy) is 1. The quantitative estimate of drug-likeness (QED) is 0.642. The molecular formula is C20H18Cl2N2O2. The maximum Gasteiger partial charge on any atom is 0.261 e. The lowest BCUT2D eigenvalue weighted by molar-refractivity contribution is -0.134. The second kappa shape index (κ2) is 7.22. The van der Waals surface area contributed by atoms with E-state index in [-0.39, 0.29) is 12.5 Å². The number of nitrogens with one attached hydrogen (secondary N) is 1. The first-order valence-corrected chi connectivity index (χ1v) is 9.29. The predicted molar refractivity (Wildman–Crippen MR) is 104 cm³/mol. The number of aromatic amines is 1. The molecule has 1 amide bonds. The van der Waals surface area contributed by atoms with Crippen molar-refractivity contribution in [3.05, 3.63) is 64.3 Å². The van der Waals surface area contributed by atoms with Gasteiger partial charge in [0.1, 0.15) is 5.75 Å². The van der Waals surface area contributed by atoms with Crippen LogP contribution in [0.5, 0.6) is 5.75 Å². The van der Waals surface area contributed by atoms with Crippen molar-refractivity contribution >= 4 is 40.0 Å². The van der Waals surface area contributed by atoms with Gasteiger partial charge in [-0.05, 0) is 60.2 Å². The maximum absolute atomic E-state index is 12.7. The molecule has 4 rings (SSSR count). The molecule has 1 fully saturated rings. The number of fused-ring (bicyclic) bond motifs is 1. The molecule has 6 heteroatoms. The zero-order chi connectivity index (χ0) is 18.1. The molecule has 2 aromatic carbocycles. The second-order valence-electron chi connectivity index (χ2n) is 6.52. The van der Waals surface area contributed by atoms with Crippen LogP contribution in [0.25, 0.3) is 10.9 Å². The number of halogens is 2. The topological polar surface area (TPSA) is 45.3 Å². The molecule has 1 aromatic heterocycles. The Bertz CT molecular complexity index is 950. The van der Waals surface area contributed by atoms with Gasteiger partial charge in [-0.2, -0.15) is 0 Å². The highest BCUT2D eigenvalue weighted by Gasteiger charge is 2.32. The Kier molecular flexibility index (Phi) is 4.79. The molecule has 4 nitrogen and oxygen atoms in total. The van der Waals surface area contributed by atoms with Gasteiger partial charge in [-0.3, -0.25) is 4.79 Å². The van der Waals surface area contributed by atoms with Crippen LogP contribution in [0.2, 0.25) is 10.0 Å². The average Bonchev–Trinajstić information content (AvgIpc) is 3.35. The Morgan fingerprint density at radius 3 is 2.77 bits per heavy atom. The van der Waals surface area contributed by atoms with Crippen LogP contribution in [0.4, 0.5) is 0 Å². The van der Waals surface area contributed by atoms with Crippen LogP contribution in [0.15, 0.2) is 48.7 Å². The van der Waals surface area contributed by atoms with Crippen LogP contribution in [-0.4, -0.2) is 28.4 Å². The molecule has 3 aromatic rings. The van der Waals surface area contributed by atoms with Gasteiger partial charge >= 0.3 is 0 Å². The molecule has 0 aliphatic heterocycles. The van der Waals surface area contributed by atoms with Crippen molar-refractivity contribution in [3.63, 3.8) is 0 Å². The van der Waals surface area contributed by atoms with Crippen LogP contribution in [-0.2, 0) is 11.3 Å². The van der Waals surface area contributed by atoms with Crippen molar-refractivity contribution in [1.29, 1.82) is 0 Å². The molecule has 1 aliphatic carbocycles. The van der Waals surface area contributed by atoms with Crippen molar-refractivity contribution in [1.82, 2.24) is 9.88 Å². The molecule has 134 valence electrons.